The first-order valence-electron chi connectivity index (χ1n) is 9.69. The van der Waals surface area contributed by atoms with E-state index < -0.39 is 23.9 Å². The molecule has 32 heavy (non-hydrogen) atoms. The van der Waals surface area contributed by atoms with Crippen LogP contribution < -0.4 is 11.1 Å². The van der Waals surface area contributed by atoms with Gasteiger partial charge in [-0.15, -0.1) is 11.3 Å². The van der Waals surface area contributed by atoms with Crippen molar-refractivity contribution in [1.82, 2.24) is 4.98 Å². The van der Waals surface area contributed by atoms with Crippen molar-refractivity contribution in [1.29, 1.82) is 0 Å². The van der Waals surface area contributed by atoms with Crippen LogP contribution in [-0.2, 0) is 9.53 Å². The van der Waals surface area contributed by atoms with Crippen molar-refractivity contribution < 1.29 is 23.5 Å². The molecule has 1 aromatic carbocycles. The van der Waals surface area contributed by atoms with Crippen LogP contribution in [-0.4, -0.2) is 28.9 Å². The van der Waals surface area contributed by atoms with E-state index in [4.69, 9.17) is 14.9 Å². The molecule has 0 fully saturated rings. The molecule has 0 spiro atoms. The second kappa shape index (κ2) is 8.64. The van der Waals surface area contributed by atoms with Gasteiger partial charge in [0.1, 0.15) is 16.5 Å². The van der Waals surface area contributed by atoms with Crippen LogP contribution in [0.2, 0.25) is 0 Å². The van der Waals surface area contributed by atoms with Crippen LogP contribution in [0.1, 0.15) is 33.4 Å². The minimum Gasteiger partial charge on any atom is -0.460 e. The van der Waals surface area contributed by atoms with E-state index in [9.17, 15) is 14.4 Å². The number of aromatic nitrogens is 1. The molecule has 1 atom stereocenters. The summed E-state index contributed by atoms with van der Waals surface area (Å²) in [5.41, 5.74) is 6.82. The number of hydrogen-bond donors (Lipinski definition) is 2. The van der Waals surface area contributed by atoms with Gasteiger partial charge in [-0.3, -0.25) is 9.59 Å². The fraction of sp³-hybridized carbons (Fsp3) is 0.130. The SMILES string of the molecule is Cc1ccc(-c2cc(C(=O)OC(C)C(=O)Nc3sccc3C(N)=O)c3ccccc3n2)o1. The highest BCUT2D eigenvalue weighted by Gasteiger charge is 2.23. The van der Waals surface area contributed by atoms with Crippen LogP contribution in [0.15, 0.2) is 58.3 Å². The Morgan fingerprint density at radius 2 is 1.91 bits per heavy atom. The molecule has 4 aromatic rings. The number of thiophene rings is 1. The number of carbonyl (C=O) groups is 3. The molecule has 3 N–H and O–H groups in total. The number of primary amides is 1. The zero-order valence-corrected chi connectivity index (χ0v) is 18.1. The van der Waals surface area contributed by atoms with Crippen LogP contribution in [0.3, 0.4) is 0 Å². The second-order valence-corrected chi connectivity index (χ2v) is 7.96. The van der Waals surface area contributed by atoms with Gasteiger partial charge in [-0.25, -0.2) is 9.78 Å². The van der Waals surface area contributed by atoms with Crippen molar-refractivity contribution >= 4 is 45.0 Å². The fourth-order valence-electron chi connectivity index (χ4n) is 3.13. The number of esters is 1. The fourth-order valence-corrected chi connectivity index (χ4v) is 3.93. The van der Waals surface area contributed by atoms with E-state index in [0.29, 0.717) is 33.1 Å². The number of amides is 2. The summed E-state index contributed by atoms with van der Waals surface area (Å²) >= 11 is 1.15. The van der Waals surface area contributed by atoms with Gasteiger partial charge in [0.25, 0.3) is 11.8 Å². The minimum absolute atomic E-state index is 0.195. The number of benzene rings is 1. The topological polar surface area (TPSA) is 125 Å². The number of pyridine rings is 1. The van der Waals surface area contributed by atoms with E-state index in [2.05, 4.69) is 10.3 Å². The number of fused-ring (bicyclic) bond motifs is 1. The first-order chi connectivity index (χ1) is 15.3. The summed E-state index contributed by atoms with van der Waals surface area (Å²) in [5, 5.41) is 5.10. The number of ether oxygens (including phenoxy) is 1. The van der Waals surface area contributed by atoms with E-state index in [1.54, 1.807) is 35.7 Å². The van der Waals surface area contributed by atoms with E-state index in [1.165, 1.54) is 13.0 Å². The minimum atomic E-state index is -1.12. The molecule has 162 valence electrons. The third-order valence-electron chi connectivity index (χ3n) is 4.75. The van der Waals surface area contributed by atoms with Gasteiger partial charge in [-0.1, -0.05) is 18.2 Å². The number of furan rings is 1. The van der Waals surface area contributed by atoms with Crippen LogP contribution in [0, 0.1) is 6.92 Å². The Hall–Kier alpha value is -3.98. The summed E-state index contributed by atoms with van der Waals surface area (Å²) in [6.45, 7) is 3.27. The zero-order valence-electron chi connectivity index (χ0n) is 17.2. The molecule has 1 unspecified atom stereocenters. The van der Waals surface area contributed by atoms with Crippen molar-refractivity contribution in [2.24, 2.45) is 5.73 Å². The molecule has 0 aliphatic heterocycles. The predicted octanol–water partition coefficient (Wildman–Crippen LogP) is 4.15. The van der Waals surface area contributed by atoms with Gasteiger partial charge in [0, 0.05) is 5.39 Å². The average molecular weight is 449 g/mol. The first kappa shape index (κ1) is 21.3. The standard InChI is InChI=1S/C23H19N3O5S/c1-12-7-8-19(30-12)18-11-16(14-5-3-4-6-17(14)25-18)23(29)31-13(2)21(28)26-22-15(20(24)27)9-10-32-22/h3-11,13H,1-2H3,(H2,24,27)(H,26,28). The van der Waals surface area contributed by atoms with Crippen LogP contribution in [0.4, 0.5) is 5.00 Å². The third kappa shape index (κ3) is 4.23. The molecule has 8 nitrogen and oxygen atoms in total. The van der Waals surface area contributed by atoms with E-state index in [-0.39, 0.29) is 11.1 Å². The molecule has 0 bridgehead atoms. The monoisotopic (exact) mass is 449 g/mol. The molecule has 2 amide bonds. The van der Waals surface area contributed by atoms with Crippen LogP contribution in [0.25, 0.3) is 22.4 Å². The quantitative estimate of drug-likeness (QED) is 0.426. The summed E-state index contributed by atoms with van der Waals surface area (Å²) in [4.78, 5) is 41.6. The summed E-state index contributed by atoms with van der Waals surface area (Å²) in [5.74, 6) is -0.686. The normalized spacial score (nSPS) is 11.8. The zero-order chi connectivity index (χ0) is 22.8. The molecule has 0 aliphatic carbocycles. The number of carbonyl (C=O) groups excluding carboxylic acids is 3. The number of rotatable bonds is 6. The van der Waals surface area contributed by atoms with Gasteiger partial charge >= 0.3 is 5.97 Å². The molecular formula is C23H19N3O5S. The Bertz CT molecular complexity index is 1340. The molecule has 9 heteroatoms. The Balaban J connectivity index is 1.59. The van der Waals surface area contributed by atoms with Crippen molar-refractivity contribution in [3.63, 3.8) is 0 Å². The lowest BCUT2D eigenvalue weighted by Crippen LogP contribution is -2.30. The van der Waals surface area contributed by atoms with Gasteiger partial charge in [0.15, 0.2) is 11.9 Å². The first-order valence-corrected chi connectivity index (χ1v) is 10.6. The number of nitrogens with one attached hydrogen (secondary N) is 1. The average Bonchev–Trinajstić information content (AvgIpc) is 3.41. The highest BCUT2D eigenvalue weighted by atomic mass is 32.1. The van der Waals surface area contributed by atoms with Crippen molar-refractivity contribution in [2.45, 2.75) is 20.0 Å². The molecule has 0 saturated heterocycles. The van der Waals surface area contributed by atoms with Crippen molar-refractivity contribution in [3.8, 4) is 11.5 Å². The smallest absolute Gasteiger partial charge is 0.339 e. The highest BCUT2D eigenvalue weighted by molar-refractivity contribution is 7.14. The lowest BCUT2D eigenvalue weighted by Gasteiger charge is -2.14. The molecule has 3 heterocycles. The number of nitrogens with two attached hydrogens (primary N) is 1. The van der Waals surface area contributed by atoms with Crippen LogP contribution >= 0.6 is 11.3 Å². The number of anilines is 1. The molecule has 4 rings (SSSR count). The Labute approximate surface area is 187 Å². The maximum atomic E-state index is 13.0. The number of para-hydroxylation sites is 1. The van der Waals surface area contributed by atoms with Crippen molar-refractivity contribution in [3.05, 3.63) is 70.8 Å². The molecule has 0 aliphatic rings. The lowest BCUT2D eigenvalue weighted by atomic mass is 10.1. The summed E-state index contributed by atoms with van der Waals surface area (Å²) < 4.78 is 11.1. The van der Waals surface area contributed by atoms with E-state index in [0.717, 1.165) is 11.3 Å². The summed E-state index contributed by atoms with van der Waals surface area (Å²) in [6, 6.07) is 13.8. The predicted molar refractivity (Wildman–Crippen MR) is 121 cm³/mol. The summed E-state index contributed by atoms with van der Waals surface area (Å²) in [7, 11) is 0. The van der Waals surface area contributed by atoms with E-state index >= 15 is 0 Å². The Morgan fingerprint density at radius 1 is 1.12 bits per heavy atom. The lowest BCUT2D eigenvalue weighted by molar-refractivity contribution is -0.123. The molecule has 0 radical (unpaired) electrons. The van der Waals surface area contributed by atoms with Gasteiger partial charge in [0.2, 0.25) is 0 Å². The van der Waals surface area contributed by atoms with Gasteiger partial charge in [-0.05, 0) is 49.6 Å². The van der Waals surface area contributed by atoms with Crippen LogP contribution in [0.5, 0.6) is 0 Å². The van der Waals surface area contributed by atoms with Gasteiger partial charge in [0.05, 0.1) is 16.6 Å². The van der Waals surface area contributed by atoms with E-state index in [1.807, 2.05) is 19.1 Å². The molecule has 0 saturated carbocycles. The number of aryl methyl sites for hydroxylation is 1. The maximum absolute atomic E-state index is 13.0. The molecule has 3 aromatic heterocycles. The maximum Gasteiger partial charge on any atom is 0.339 e. The second-order valence-electron chi connectivity index (χ2n) is 7.05. The summed E-state index contributed by atoms with van der Waals surface area (Å²) in [6.07, 6.45) is -1.12. The number of hydrogen-bond acceptors (Lipinski definition) is 7. The largest absolute Gasteiger partial charge is 0.460 e. The highest BCUT2D eigenvalue weighted by Crippen LogP contribution is 2.27. The van der Waals surface area contributed by atoms with Crippen molar-refractivity contribution in [2.75, 3.05) is 5.32 Å². The third-order valence-corrected chi connectivity index (χ3v) is 5.58. The Morgan fingerprint density at radius 3 is 2.62 bits per heavy atom. The molecular weight excluding hydrogens is 430 g/mol. The number of nitrogens with zero attached hydrogens (tertiary/aromatic N) is 1. The van der Waals surface area contributed by atoms with Gasteiger partial charge in [-0.2, -0.15) is 0 Å². The van der Waals surface area contributed by atoms with Gasteiger partial charge < -0.3 is 20.2 Å². The Kier molecular flexibility index (Phi) is 5.74.